The Morgan fingerprint density at radius 3 is 2.73 bits per heavy atom. The Morgan fingerprint density at radius 1 is 1.07 bits per heavy atom. The SMILES string of the molecule is O=C(COc1ccc2ccc(=O)oc2c1)NC(=O)NCC1COc2ccccc2O1. The molecule has 1 aliphatic rings. The molecule has 0 saturated heterocycles. The van der Waals surface area contributed by atoms with Crippen LogP contribution < -0.4 is 30.5 Å². The predicted octanol–water partition coefficient (Wildman–Crippen LogP) is 1.84. The van der Waals surface area contributed by atoms with Crippen LogP contribution in [0.15, 0.2) is 63.8 Å². The number of fused-ring (bicyclic) bond motifs is 2. The third kappa shape index (κ3) is 4.69. The molecule has 2 N–H and O–H groups in total. The zero-order valence-electron chi connectivity index (χ0n) is 15.8. The molecule has 0 bridgehead atoms. The van der Waals surface area contributed by atoms with Gasteiger partial charge in [-0.25, -0.2) is 9.59 Å². The summed E-state index contributed by atoms with van der Waals surface area (Å²) in [4.78, 5) is 35.1. The highest BCUT2D eigenvalue weighted by molar-refractivity contribution is 5.95. The van der Waals surface area contributed by atoms with Crippen molar-refractivity contribution in [3.63, 3.8) is 0 Å². The van der Waals surface area contributed by atoms with Gasteiger partial charge in [0, 0.05) is 17.5 Å². The standard InChI is InChI=1S/C21H18N2O7/c24-19(12-27-14-7-5-13-6-8-20(25)30-18(13)9-14)23-21(26)22-10-15-11-28-16-3-1-2-4-17(16)29-15/h1-9,15H,10-12H2,(H2,22,23,24,26). The Bertz CT molecular complexity index is 1140. The van der Waals surface area contributed by atoms with Gasteiger partial charge in [0.05, 0.1) is 6.54 Å². The van der Waals surface area contributed by atoms with Gasteiger partial charge in [0.25, 0.3) is 5.91 Å². The minimum atomic E-state index is -0.671. The second-order valence-corrected chi connectivity index (χ2v) is 6.50. The Morgan fingerprint density at radius 2 is 1.87 bits per heavy atom. The molecule has 3 amide bonds. The molecule has 9 nitrogen and oxygen atoms in total. The van der Waals surface area contributed by atoms with E-state index in [1.165, 1.54) is 12.1 Å². The third-order valence-electron chi connectivity index (χ3n) is 4.28. The second kappa shape index (κ2) is 8.56. The fourth-order valence-corrected chi connectivity index (χ4v) is 2.86. The first-order valence-corrected chi connectivity index (χ1v) is 9.20. The predicted molar refractivity (Wildman–Crippen MR) is 106 cm³/mol. The van der Waals surface area contributed by atoms with Crippen LogP contribution in [0, 0.1) is 0 Å². The first-order chi connectivity index (χ1) is 14.6. The first kappa shape index (κ1) is 19.3. The fourth-order valence-electron chi connectivity index (χ4n) is 2.86. The molecule has 154 valence electrons. The number of amides is 3. The van der Waals surface area contributed by atoms with Crippen LogP contribution in [0.5, 0.6) is 17.2 Å². The summed E-state index contributed by atoms with van der Waals surface area (Å²) in [6.45, 7) is 0.0663. The van der Waals surface area contributed by atoms with Gasteiger partial charge in [0.15, 0.2) is 24.2 Å². The number of imide groups is 1. The van der Waals surface area contributed by atoms with Gasteiger partial charge in [-0.05, 0) is 30.3 Å². The van der Waals surface area contributed by atoms with Crippen molar-refractivity contribution in [3.05, 3.63) is 65.0 Å². The molecule has 30 heavy (non-hydrogen) atoms. The number of carbonyl (C=O) groups excluding carboxylic acids is 2. The highest BCUT2D eigenvalue weighted by Gasteiger charge is 2.21. The van der Waals surface area contributed by atoms with Crippen LogP contribution >= 0.6 is 0 Å². The summed E-state index contributed by atoms with van der Waals surface area (Å²) in [7, 11) is 0. The molecule has 0 spiro atoms. The average Bonchev–Trinajstić information content (AvgIpc) is 2.76. The van der Waals surface area contributed by atoms with Gasteiger partial charge in [0.1, 0.15) is 17.9 Å². The van der Waals surface area contributed by atoms with Crippen molar-refractivity contribution in [2.24, 2.45) is 0 Å². The van der Waals surface area contributed by atoms with Gasteiger partial charge >= 0.3 is 11.7 Å². The maximum atomic E-state index is 11.9. The van der Waals surface area contributed by atoms with E-state index < -0.39 is 17.6 Å². The van der Waals surface area contributed by atoms with E-state index in [1.807, 2.05) is 12.1 Å². The van der Waals surface area contributed by atoms with Crippen LogP contribution in [0.2, 0.25) is 0 Å². The summed E-state index contributed by atoms with van der Waals surface area (Å²) < 4.78 is 21.7. The molecule has 1 aromatic heterocycles. The smallest absolute Gasteiger partial charge is 0.336 e. The molecule has 1 unspecified atom stereocenters. The van der Waals surface area contributed by atoms with Crippen molar-refractivity contribution in [1.29, 1.82) is 0 Å². The molecular weight excluding hydrogens is 392 g/mol. The normalized spacial score (nSPS) is 14.7. The molecular formula is C21H18N2O7. The van der Waals surface area contributed by atoms with Crippen LogP contribution in [-0.4, -0.2) is 37.8 Å². The lowest BCUT2D eigenvalue weighted by molar-refractivity contribution is -0.122. The van der Waals surface area contributed by atoms with Crippen molar-refractivity contribution < 1.29 is 28.2 Å². The van der Waals surface area contributed by atoms with Crippen molar-refractivity contribution in [2.75, 3.05) is 19.8 Å². The van der Waals surface area contributed by atoms with E-state index in [0.717, 1.165) is 5.39 Å². The van der Waals surface area contributed by atoms with E-state index in [1.54, 1.807) is 30.3 Å². The molecule has 2 aromatic carbocycles. The molecule has 3 aromatic rings. The summed E-state index contributed by atoms with van der Waals surface area (Å²) in [5, 5.41) is 5.46. The summed E-state index contributed by atoms with van der Waals surface area (Å²) in [5.41, 5.74) is -0.140. The summed E-state index contributed by atoms with van der Waals surface area (Å²) in [5.74, 6) is 0.956. The maximum Gasteiger partial charge on any atom is 0.336 e. The van der Waals surface area contributed by atoms with E-state index in [9.17, 15) is 14.4 Å². The minimum Gasteiger partial charge on any atom is -0.486 e. The molecule has 0 saturated carbocycles. The number of hydrogen-bond donors (Lipinski definition) is 2. The van der Waals surface area contributed by atoms with Gasteiger partial charge in [-0.3, -0.25) is 10.1 Å². The number of ether oxygens (including phenoxy) is 3. The Kier molecular flexibility index (Phi) is 5.51. The van der Waals surface area contributed by atoms with Crippen LogP contribution in [0.1, 0.15) is 0 Å². The van der Waals surface area contributed by atoms with Crippen LogP contribution in [0.3, 0.4) is 0 Å². The topological polar surface area (TPSA) is 116 Å². The zero-order chi connectivity index (χ0) is 20.9. The van der Waals surface area contributed by atoms with Crippen LogP contribution in [-0.2, 0) is 4.79 Å². The third-order valence-corrected chi connectivity index (χ3v) is 4.28. The van der Waals surface area contributed by atoms with Crippen LogP contribution in [0.4, 0.5) is 4.79 Å². The number of rotatable bonds is 5. The molecule has 1 aliphatic heterocycles. The van der Waals surface area contributed by atoms with E-state index in [0.29, 0.717) is 22.8 Å². The Balaban J connectivity index is 1.22. The molecule has 0 radical (unpaired) electrons. The molecule has 1 atom stereocenters. The van der Waals surface area contributed by atoms with Gasteiger partial charge in [-0.1, -0.05) is 12.1 Å². The Hall–Kier alpha value is -4.01. The number of hydrogen-bond acceptors (Lipinski definition) is 7. The second-order valence-electron chi connectivity index (χ2n) is 6.50. The Labute approximate surface area is 170 Å². The molecule has 0 fully saturated rings. The van der Waals surface area contributed by atoms with Gasteiger partial charge < -0.3 is 23.9 Å². The van der Waals surface area contributed by atoms with E-state index in [4.69, 9.17) is 18.6 Å². The molecule has 4 rings (SSSR count). The zero-order valence-corrected chi connectivity index (χ0v) is 15.8. The highest BCUT2D eigenvalue weighted by Crippen LogP contribution is 2.30. The number of urea groups is 1. The minimum absolute atomic E-state index is 0.165. The van der Waals surface area contributed by atoms with Crippen molar-refractivity contribution in [3.8, 4) is 17.2 Å². The van der Waals surface area contributed by atoms with Crippen molar-refractivity contribution in [2.45, 2.75) is 6.10 Å². The van der Waals surface area contributed by atoms with E-state index >= 15 is 0 Å². The monoisotopic (exact) mass is 410 g/mol. The number of benzene rings is 2. The first-order valence-electron chi connectivity index (χ1n) is 9.20. The lowest BCUT2D eigenvalue weighted by atomic mass is 10.2. The lowest BCUT2D eigenvalue weighted by Gasteiger charge is -2.26. The van der Waals surface area contributed by atoms with Gasteiger partial charge in [0.2, 0.25) is 0 Å². The van der Waals surface area contributed by atoms with Crippen molar-refractivity contribution in [1.82, 2.24) is 10.6 Å². The van der Waals surface area contributed by atoms with E-state index in [-0.39, 0.29) is 25.9 Å². The molecule has 0 aliphatic carbocycles. The number of carbonyl (C=O) groups is 2. The van der Waals surface area contributed by atoms with Gasteiger partial charge in [-0.2, -0.15) is 0 Å². The van der Waals surface area contributed by atoms with Crippen molar-refractivity contribution >= 4 is 22.9 Å². The van der Waals surface area contributed by atoms with Crippen LogP contribution in [0.25, 0.3) is 11.0 Å². The summed E-state index contributed by atoms with van der Waals surface area (Å²) in [6, 6.07) is 14.4. The van der Waals surface area contributed by atoms with Gasteiger partial charge in [-0.15, -0.1) is 0 Å². The highest BCUT2D eigenvalue weighted by atomic mass is 16.6. The quantitative estimate of drug-likeness (QED) is 0.617. The molecule has 9 heteroatoms. The maximum absolute atomic E-state index is 11.9. The fraction of sp³-hybridized carbons (Fsp3) is 0.190. The van der Waals surface area contributed by atoms with E-state index in [2.05, 4.69) is 10.6 Å². The average molecular weight is 410 g/mol. The molecule has 2 heterocycles. The largest absolute Gasteiger partial charge is 0.486 e. The summed E-state index contributed by atoms with van der Waals surface area (Å²) >= 11 is 0. The number of nitrogens with one attached hydrogen (secondary N) is 2. The number of para-hydroxylation sites is 2. The lowest BCUT2D eigenvalue weighted by Crippen LogP contribution is -2.47. The summed E-state index contributed by atoms with van der Waals surface area (Å²) in [6.07, 6.45) is -0.371.